The molecule has 120 valence electrons. The Bertz CT molecular complexity index is 796. The lowest BCUT2D eigenvalue weighted by Crippen LogP contribution is -2.11. The number of fused-ring (bicyclic) bond motifs is 1. The second kappa shape index (κ2) is 7.15. The number of methoxy groups -OCH3 is 2. The van der Waals surface area contributed by atoms with Gasteiger partial charge in [0, 0.05) is 24.2 Å². The van der Waals surface area contributed by atoms with Crippen LogP contribution in [0.2, 0.25) is 0 Å². The van der Waals surface area contributed by atoms with Crippen LogP contribution >= 0.6 is 12.4 Å². The third-order valence-corrected chi connectivity index (χ3v) is 3.58. The molecule has 0 aliphatic heterocycles. The minimum Gasteiger partial charge on any atom is -0.493 e. The van der Waals surface area contributed by atoms with Crippen molar-refractivity contribution < 1.29 is 9.47 Å². The first-order valence-electron chi connectivity index (χ1n) is 6.90. The maximum Gasteiger partial charge on any atom is 0.162 e. The Morgan fingerprint density at radius 1 is 0.913 bits per heavy atom. The molecule has 0 radical (unpaired) electrons. The van der Waals surface area contributed by atoms with Crippen LogP contribution in [0.5, 0.6) is 11.5 Å². The van der Waals surface area contributed by atoms with E-state index in [1.165, 1.54) is 0 Å². The summed E-state index contributed by atoms with van der Waals surface area (Å²) in [6.07, 6.45) is 1.56. The van der Waals surface area contributed by atoms with Crippen LogP contribution in [0.25, 0.3) is 10.9 Å². The van der Waals surface area contributed by atoms with Gasteiger partial charge in [0.05, 0.1) is 19.7 Å². The highest BCUT2D eigenvalue weighted by molar-refractivity contribution is 5.93. The fourth-order valence-corrected chi connectivity index (χ4v) is 2.41. The van der Waals surface area contributed by atoms with Crippen LogP contribution < -0.4 is 14.4 Å². The average Bonchev–Trinajstić information content (AvgIpc) is 2.60. The van der Waals surface area contributed by atoms with Crippen LogP contribution in [0.15, 0.2) is 48.8 Å². The molecule has 0 bridgehead atoms. The molecule has 5 nitrogen and oxygen atoms in total. The molecule has 0 N–H and O–H groups in total. The summed E-state index contributed by atoms with van der Waals surface area (Å²) in [5, 5.41) is 0.909. The van der Waals surface area contributed by atoms with Gasteiger partial charge in [-0.2, -0.15) is 0 Å². The van der Waals surface area contributed by atoms with Crippen molar-refractivity contribution in [2.24, 2.45) is 0 Å². The average molecular weight is 332 g/mol. The van der Waals surface area contributed by atoms with Gasteiger partial charge < -0.3 is 14.4 Å². The minimum absolute atomic E-state index is 0. The SMILES string of the molecule is COc1cc2ncnc(N(C)c3ccccc3)c2cc1OC.Cl. The van der Waals surface area contributed by atoms with Crippen molar-refractivity contribution >= 4 is 34.8 Å². The molecule has 6 heteroatoms. The molecule has 0 saturated heterocycles. The second-order valence-electron chi connectivity index (χ2n) is 4.82. The molecule has 23 heavy (non-hydrogen) atoms. The largest absolute Gasteiger partial charge is 0.493 e. The van der Waals surface area contributed by atoms with E-state index in [0.29, 0.717) is 11.5 Å². The minimum atomic E-state index is 0. The molecule has 0 spiro atoms. The first kappa shape index (κ1) is 16.8. The molecule has 0 amide bonds. The van der Waals surface area contributed by atoms with Crippen molar-refractivity contribution in [1.29, 1.82) is 0 Å². The summed E-state index contributed by atoms with van der Waals surface area (Å²) in [6, 6.07) is 13.8. The summed E-state index contributed by atoms with van der Waals surface area (Å²) in [6.45, 7) is 0. The van der Waals surface area contributed by atoms with Gasteiger partial charge in [0.1, 0.15) is 12.1 Å². The Kier molecular flexibility index (Phi) is 5.24. The Labute approximate surface area is 141 Å². The van der Waals surface area contributed by atoms with E-state index in [0.717, 1.165) is 22.4 Å². The van der Waals surface area contributed by atoms with Gasteiger partial charge in [0.2, 0.25) is 0 Å². The van der Waals surface area contributed by atoms with Crippen molar-refractivity contribution in [3.63, 3.8) is 0 Å². The summed E-state index contributed by atoms with van der Waals surface area (Å²) in [5.74, 6) is 2.13. The summed E-state index contributed by atoms with van der Waals surface area (Å²) in [4.78, 5) is 10.8. The maximum atomic E-state index is 5.39. The molecule has 0 aliphatic rings. The lowest BCUT2D eigenvalue weighted by atomic mass is 10.2. The van der Waals surface area contributed by atoms with Crippen LogP contribution in [0.1, 0.15) is 0 Å². The Morgan fingerprint density at radius 3 is 2.22 bits per heavy atom. The monoisotopic (exact) mass is 331 g/mol. The lowest BCUT2D eigenvalue weighted by molar-refractivity contribution is 0.356. The van der Waals surface area contributed by atoms with E-state index in [1.54, 1.807) is 20.5 Å². The van der Waals surface area contributed by atoms with Gasteiger partial charge in [-0.3, -0.25) is 0 Å². The number of para-hydroxylation sites is 1. The summed E-state index contributed by atoms with van der Waals surface area (Å²) in [5.41, 5.74) is 1.86. The molecule has 0 fully saturated rings. The molecule has 0 unspecified atom stereocenters. The second-order valence-corrected chi connectivity index (χ2v) is 4.82. The van der Waals surface area contributed by atoms with Crippen molar-refractivity contribution in [1.82, 2.24) is 9.97 Å². The smallest absolute Gasteiger partial charge is 0.162 e. The summed E-state index contributed by atoms with van der Waals surface area (Å²) in [7, 11) is 5.21. The van der Waals surface area contributed by atoms with Crippen LogP contribution in [0.3, 0.4) is 0 Å². The fourth-order valence-electron chi connectivity index (χ4n) is 2.41. The number of ether oxygens (including phenoxy) is 2. The van der Waals surface area contributed by atoms with Crippen molar-refractivity contribution in [3.8, 4) is 11.5 Å². The molecule has 1 aromatic heterocycles. The molecule has 0 atom stereocenters. The standard InChI is InChI=1S/C17H17N3O2.ClH/c1-20(12-7-5-4-6-8-12)17-13-9-15(21-2)16(22-3)10-14(13)18-11-19-17;/h4-11H,1-3H3;1H. The lowest BCUT2D eigenvalue weighted by Gasteiger charge is -2.20. The molecule has 3 aromatic rings. The number of nitrogens with zero attached hydrogens (tertiary/aromatic N) is 3. The third-order valence-electron chi connectivity index (χ3n) is 3.58. The van der Waals surface area contributed by atoms with Gasteiger partial charge in [-0.05, 0) is 18.2 Å². The van der Waals surface area contributed by atoms with Gasteiger partial charge >= 0.3 is 0 Å². The Morgan fingerprint density at radius 2 is 1.57 bits per heavy atom. The van der Waals surface area contributed by atoms with Gasteiger partial charge in [-0.15, -0.1) is 12.4 Å². The van der Waals surface area contributed by atoms with E-state index in [9.17, 15) is 0 Å². The predicted octanol–water partition coefficient (Wildman–Crippen LogP) is 3.84. The Balaban J connectivity index is 0.00000192. The fraction of sp³-hybridized carbons (Fsp3) is 0.176. The van der Waals surface area contributed by atoms with Gasteiger partial charge in [0.25, 0.3) is 0 Å². The van der Waals surface area contributed by atoms with Gasteiger partial charge in [-0.25, -0.2) is 9.97 Å². The first-order chi connectivity index (χ1) is 10.7. The molecular weight excluding hydrogens is 314 g/mol. The van der Waals surface area contributed by atoms with Crippen LogP contribution in [-0.2, 0) is 0 Å². The highest BCUT2D eigenvalue weighted by atomic mass is 35.5. The van der Waals surface area contributed by atoms with E-state index in [4.69, 9.17) is 9.47 Å². The zero-order valence-electron chi connectivity index (χ0n) is 13.2. The van der Waals surface area contributed by atoms with Crippen LogP contribution in [0.4, 0.5) is 11.5 Å². The van der Waals surface area contributed by atoms with E-state index in [2.05, 4.69) is 9.97 Å². The zero-order chi connectivity index (χ0) is 15.5. The number of rotatable bonds is 4. The molecule has 0 saturated carbocycles. The highest BCUT2D eigenvalue weighted by Gasteiger charge is 2.14. The summed E-state index contributed by atoms with van der Waals surface area (Å²) < 4.78 is 10.7. The Hall–Kier alpha value is -2.53. The van der Waals surface area contributed by atoms with E-state index < -0.39 is 0 Å². The van der Waals surface area contributed by atoms with Crippen molar-refractivity contribution in [3.05, 3.63) is 48.8 Å². The topological polar surface area (TPSA) is 47.5 Å². The van der Waals surface area contributed by atoms with E-state index in [1.807, 2.05) is 54.4 Å². The zero-order valence-corrected chi connectivity index (χ0v) is 14.0. The number of anilines is 2. The molecular formula is C17H18ClN3O2. The molecule has 2 aromatic carbocycles. The quantitative estimate of drug-likeness (QED) is 0.727. The number of benzene rings is 2. The van der Waals surface area contributed by atoms with Crippen LogP contribution in [-0.4, -0.2) is 31.2 Å². The molecule has 1 heterocycles. The molecule has 3 rings (SSSR count). The van der Waals surface area contributed by atoms with Crippen molar-refractivity contribution in [2.45, 2.75) is 0 Å². The number of halogens is 1. The number of aromatic nitrogens is 2. The number of hydrogen-bond acceptors (Lipinski definition) is 5. The van der Waals surface area contributed by atoms with Gasteiger partial charge in [-0.1, -0.05) is 18.2 Å². The molecule has 0 aliphatic carbocycles. The first-order valence-corrected chi connectivity index (χ1v) is 6.90. The van der Waals surface area contributed by atoms with E-state index >= 15 is 0 Å². The van der Waals surface area contributed by atoms with Crippen LogP contribution in [0, 0.1) is 0 Å². The van der Waals surface area contributed by atoms with Gasteiger partial charge in [0.15, 0.2) is 11.5 Å². The van der Waals surface area contributed by atoms with E-state index in [-0.39, 0.29) is 12.4 Å². The summed E-state index contributed by atoms with van der Waals surface area (Å²) >= 11 is 0. The number of hydrogen-bond donors (Lipinski definition) is 0. The maximum absolute atomic E-state index is 5.39. The highest BCUT2D eigenvalue weighted by Crippen LogP contribution is 2.35. The normalized spacial score (nSPS) is 10.0. The predicted molar refractivity (Wildman–Crippen MR) is 94.4 cm³/mol. The third kappa shape index (κ3) is 3.14. The van der Waals surface area contributed by atoms with Crippen molar-refractivity contribution in [2.75, 3.05) is 26.2 Å².